The number of hydrogen-bond donors (Lipinski definition) is 0. The van der Waals surface area contributed by atoms with Crippen LogP contribution in [0.4, 0.5) is 14.4 Å². The molecule has 0 rings (SSSR count). The molecule has 0 heterocycles. The van der Waals surface area contributed by atoms with Gasteiger partial charge in [0.05, 0.1) is 0 Å². The second-order valence-corrected chi connectivity index (χ2v) is 0.750. The second kappa shape index (κ2) is 22.5. The third-order valence-electron chi connectivity index (χ3n) is 0. The smallest absolute Gasteiger partial charge is 0.652 e. The largest absolute Gasteiger partial charge is 4.00 e. The topological polar surface area (TPSA) is 190 Å². The number of carbonyl (C=O) groups is 3. The molecule has 0 aliphatic carbocycles. The zero-order chi connectivity index (χ0) is 10.7. The summed E-state index contributed by atoms with van der Waals surface area (Å²) in [7, 11) is 0. The van der Waals surface area contributed by atoms with Crippen LogP contribution in [0.15, 0.2) is 0 Å². The molecule has 0 unspecified atom stereocenters. The van der Waals surface area contributed by atoms with Gasteiger partial charge in [0.2, 0.25) is 0 Å². The maximum Gasteiger partial charge on any atom is 4.00 e. The predicted octanol–water partition coefficient (Wildman–Crippen LogP) is -7.26. The van der Waals surface area contributed by atoms with E-state index in [1.54, 1.807) is 0 Å². The van der Waals surface area contributed by atoms with Crippen molar-refractivity contribution in [2.24, 2.45) is 0 Å². The van der Waals surface area contributed by atoms with E-state index in [-0.39, 0.29) is 24.5 Å². The molecule has 1 radical (unpaired) electrons. The first kappa shape index (κ1) is 29.5. The van der Waals surface area contributed by atoms with E-state index in [1.165, 1.54) is 0 Å². The summed E-state index contributed by atoms with van der Waals surface area (Å²) < 4.78 is 0. The van der Waals surface area contributed by atoms with E-state index in [0.717, 1.165) is 0 Å². The number of rotatable bonds is 0. The zero-order valence-corrected chi connectivity index (χ0v) is 7.23. The van der Waals surface area contributed by atoms with Crippen molar-refractivity contribution >= 4 is 18.5 Å². The van der Waals surface area contributed by atoms with E-state index in [2.05, 4.69) is 0 Å². The van der Waals surface area contributed by atoms with Crippen LogP contribution in [-0.4, -0.2) is 18.5 Å². The first-order valence-corrected chi connectivity index (χ1v) is 1.84. The van der Waals surface area contributed by atoms with Crippen molar-refractivity contribution in [1.82, 2.24) is 0 Å². The van der Waals surface area contributed by atoms with E-state index in [0.29, 0.717) is 0 Å². The van der Waals surface area contributed by atoms with Crippen LogP contribution >= 0.6 is 0 Å². The molecule has 0 aromatic heterocycles. The fraction of sp³-hybridized carbons (Fsp3) is 0. The Bertz CT molecular complexity index is 114. The van der Waals surface area contributed by atoms with Crippen LogP contribution in [0, 0.1) is 7.43 Å². The van der Waals surface area contributed by atoms with E-state index >= 15 is 0 Å². The summed E-state index contributed by atoms with van der Waals surface area (Å²) in [5.74, 6) is 0. The van der Waals surface area contributed by atoms with Crippen molar-refractivity contribution in [3.63, 3.8) is 0 Å². The first-order chi connectivity index (χ1) is 5.20. The van der Waals surface area contributed by atoms with Crippen LogP contribution < -0.4 is 30.6 Å². The molecular weight excluding hydrogens is 247 g/mol. The summed E-state index contributed by atoms with van der Waals surface area (Å²) in [5.41, 5.74) is 0. The molecule has 77 valence electrons. The fourth-order valence-electron chi connectivity index (χ4n) is 0. The van der Waals surface area contributed by atoms with E-state index in [4.69, 9.17) is 45.0 Å². The molecule has 0 amide bonds. The van der Waals surface area contributed by atoms with Crippen molar-refractivity contribution in [2.75, 3.05) is 0 Å². The van der Waals surface area contributed by atoms with Crippen molar-refractivity contribution < 1.29 is 62.1 Å². The normalized spacial score (nSPS) is 5.14. The Morgan fingerprint density at radius 3 is 0.571 bits per heavy atom. The van der Waals surface area contributed by atoms with Crippen LogP contribution in [0.1, 0.15) is 0 Å². The number of hydrogen-bond acceptors (Lipinski definition) is 9. The quantitative estimate of drug-likeness (QED) is 0.374. The van der Waals surface area contributed by atoms with Crippen LogP contribution in [0.2, 0.25) is 0 Å². The van der Waals surface area contributed by atoms with Gasteiger partial charge in [-0.05, 0) is 18.5 Å². The molecule has 10 heteroatoms. The molecule has 0 saturated carbocycles. The maximum atomic E-state index is 8.33. The molecule has 0 aliphatic heterocycles. The molecule has 0 aromatic rings. The monoisotopic (exact) mass is 247 g/mol. The zero-order valence-electron chi connectivity index (χ0n) is 6.05. The molecule has 9 nitrogen and oxygen atoms in total. The standard InChI is InChI=1S/3CH2O3.C.Mn/c3*2-1(3)4;;/h3*(H2,2,3,4);;/q;;;+4;+2/p-6. The minimum Gasteiger partial charge on any atom is -0.652 e. The molecule has 0 bridgehead atoms. The van der Waals surface area contributed by atoms with Crippen molar-refractivity contribution in [3.05, 3.63) is 7.43 Å². The first-order valence-electron chi connectivity index (χ1n) is 1.84. The van der Waals surface area contributed by atoms with Crippen molar-refractivity contribution in [1.29, 1.82) is 0 Å². The summed E-state index contributed by atoms with van der Waals surface area (Å²) in [5, 5.41) is 50.0. The van der Waals surface area contributed by atoms with Gasteiger partial charge < -0.3 is 45.0 Å². The summed E-state index contributed by atoms with van der Waals surface area (Å²) in [4.78, 5) is 25.0. The van der Waals surface area contributed by atoms with Crippen LogP contribution in [-0.2, 0) is 17.1 Å². The summed E-state index contributed by atoms with van der Waals surface area (Å²) in [6.45, 7) is 0. The van der Waals surface area contributed by atoms with Crippen molar-refractivity contribution in [3.8, 4) is 0 Å². The molecule has 0 spiro atoms. The minimum absolute atomic E-state index is 0. The van der Waals surface area contributed by atoms with Gasteiger partial charge in [0.1, 0.15) is 0 Å². The van der Waals surface area contributed by atoms with E-state index in [9.17, 15) is 0 Å². The summed E-state index contributed by atoms with van der Waals surface area (Å²) in [6.07, 6.45) is -7.00. The SMILES string of the molecule is O=C([O-])[O-].O=C([O-])[O-].O=C([O-])[O-].[C+4].[Mn+2]. The van der Waals surface area contributed by atoms with Gasteiger partial charge in [-0.15, -0.1) is 0 Å². The molecular formula is C4MnO9. The van der Waals surface area contributed by atoms with Gasteiger partial charge in [0.15, 0.2) is 0 Å². The Labute approximate surface area is 88.7 Å². The van der Waals surface area contributed by atoms with Crippen LogP contribution in [0.3, 0.4) is 0 Å². The Hall–Kier alpha value is -1.67. The molecule has 0 fully saturated rings. The van der Waals surface area contributed by atoms with Gasteiger partial charge in [-0.2, -0.15) is 0 Å². The Morgan fingerprint density at radius 1 is 0.571 bits per heavy atom. The predicted molar refractivity (Wildman–Crippen MR) is 19.4 cm³/mol. The third kappa shape index (κ3) is 322. The third-order valence-corrected chi connectivity index (χ3v) is 0. The number of carboxylic acid groups (broad SMARTS) is 6. The van der Waals surface area contributed by atoms with Gasteiger partial charge in [-0.3, -0.25) is 0 Å². The van der Waals surface area contributed by atoms with Gasteiger partial charge in [-0.1, -0.05) is 0 Å². The molecule has 0 aliphatic rings. The Morgan fingerprint density at radius 2 is 0.571 bits per heavy atom. The van der Waals surface area contributed by atoms with Gasteiger partial charge in [0.25, 0.3) is 0 Å². The Kier molecular flexibility index (Phi) is 47.3. The van der Waals surface area contributed by atoms with Gasteiger partial charge in [0, 0.05) is 0 Å². The fourth-order valence-corrected chi connectivity index (χ4v) is 0. The molecule has 0 atom stereocenters. The van der Waals surface area contributed by atoms with Crippen LogP contribution in [0.25, 0.3) is 0 Å². The van der Waals surface area contributed by atoms with E-state index in [1.807, 2.05) is 0 Å². The van der Waals surface area contributed by atoms with Gasteiger partial charge >= 0.3 is 24.5 Å². The maximum absolute atomic E-state index is 8.33. The number of carbonyl (C=O) groups excluding carboxylic acids is 3. The second-order valence-electron chi connectivity index (χ2n) is 0.750. The van der Waals surface area contributed by atoms with Crippen molar-refractivity contribution in [2.45, 2.75) is 0 Å². The average Bonchev–Trinajstić information content (AvgIpc) is 1.54. The van der Waals surface area contributed by atoms with Gasteiger partial charge in [-0.25, -0.2) is 0 Å². The average molecular weight is 247 g/mol. The summed E-state index contributed by atoms with van der Waals surface area (Å²) in [6, 6.07) is 0. The Balaban J connectivity index is -0.0000000270. The molecule has 0 N–H and O–H groups in total. The molecule has 0 saturated heterocycles. The summed E-state index contributed by atoms with van der Waals surface area (Å²) >= 11 is 0. The minimum atomic E-state index is -2.33. The van der Waals surface area contributed by atoms with Crippen LogP contribution in [0.5, 0.6) is 0 Å². The molecule has 0 aromatic carbocycles. The molecule has 14 heavy (non-hydrogen) atoms. The van der Waals surface area contributed by atoms with E-state index < -0.39 is 18.5 Å².